The highest BCUT2D eigenvalue weighted by Gasteiger charge is 2.42. The summed E-state index contributed by atoms with van der Waals surface area (Å²) in [6.07, 6.45) is 5.88. The summed E-state index contributed by atoms with van der Waals surface area (Å²) in [6, 6.07) is 0. The lowest BCUT2D eigenvalue weighted by atomic mass is 9.63. The van der Waals surface area contributed by atoms with Crippen LogP contribution in [-0.4, -0.2) is 5.78 Å². The normalized spacial score (nSPS) is 30.6. The molecule has 0 aromatic heterocycles. The molecule has 2 heteroatoms. The first-order valence-electron chi connectivity index (χ1n) is 5.55. The Labute approximate surface area is 112 Å². The minimum absolute atomic E-state index is 0.274. The summed E-state index contributed by atoms with van der Waals surface area (Å²) >= 11 is 2.20. The van der Waals surface area contributed by atoms with Gasteiger partial charge >= 0.3 is 0 Å². The molecule has 0 heterocycles. The van der Waals surface area contributed by atoms with E-state index in [1.807, 2.05) is 17.9 Å². The Morgan fingerprint density at radius 1 is 1.75 bits per heavy atom. The van der Waals surface area contributed by atoms with E-state index in [4.69, 9.17) is 0 Å². The van der Waals surface area contributed by atoms with E-state index in [-0.39, 0.29) is 17.1 Å². The van der Waals surface area contributed by atoms with E-state index in [1.54, 1.807) is 0 Å². The number of Topliss-reactive ketones (excluding diaryl/α,β-unsaturated/α-hetero) is 1. The molecule has 0 unspecified atom stereocenters. The molecule has 0 fully saturated rings. The molecule has 0 bridgehead atoms. The molecule has 0 N–H and O–H groups in total. The third kappa shape index (κ3) is 2.47. The lowest BCUT2D eigenvalue weighted by Gasteiger charge is -2.39. The molecule has 0 aromatic rings. The molecule has 2 atom stereocenters. The number of carbonyl (C=O) groups excluding carboxylic acids is 1. The van der Waals surface area contributed by atoms with Crippen molar-refractivity contribution in [3.8, 4) is 0 Å². The van der Waals surface area contributed by atoms with Crippen LogP contribution in [0.15, 0.2) is 34.0 Å². The van der Waals surface area contributed by atoms with E-state index in [0.29, 0.717) is 0 Å². The van der Waals surface area contributed by atoms with Crippen molar-refractivity contribution >= 4 is 28.4 Å². The van der Waals surface area contributed by atoms with Crippen LogP contribution in [0.1, 0.15) is 33.6 Å². The molecule has 1 rings (SSSR count). The molecule has 1 aliphatic carbocycles. The van der Waals surface area contributed by atoms with Gasteiger partial charge in [-0.2, -0.15) is 0 Å². The SMILES string of the molecule is C=C(C)[C@H]1CC=C(C)C(=O)[C@@]1(C)CC=CI. The van der Waals surface area contributed by atoms with Gasteiger partial charge in [0.15, 0.2) is 5.78 Å². The van der Waals surface area contributed by atoms with Crippen molar-refractivity contribution in [3.05, 3.63) is 34.0 Å². The van der Waals surface area contributed by atoms with Crippen LogP contribution in [0.3, 0.4) is 0 Å². The number of carbonyl (C=O) groups is 1. The van der Waals surface area contributed by atoms with Crippen LogP contribution in [-0.2, 0) is 4.79 Å². The second kappa shape index (κ2) is 5.30. The van der Waals surface area contributed by atoms with E-state index in [0.717, 1.165) is 24.0 Å². The van der Waals surface area contributed by atoms with Gasteiger partial charge in [-0.1, -0.05) is 53.8 Å². The minimum atomic E-state index is -0.299. The maximum absolute atomic E-state index is 12.3. The van der Waals surface area contributed by atoms with Crippen LogP contribution in [0.5, 0.6) is 0 Å². The van der Waals surface area contributed by atoms with Gasteiger partial charge < -0.3 is 0 Å². The predicted molar refractivity (Wildman–Crippen MR) is 77.6 cm³/mol. The number of rotatable bonds is 3. The monoisotopic (exact) mass is 330 g/mol. The average Bonchev–Trinajstić information content (AvgIpc) is 2.23. The molecule has 0 radical (unpaired) electrons. The predicted octanol–water partition coefficient (Wildman–Crippen LogP) is 4.44. The minimum Gasteiger partial charge on any atom is -0.294 e. The summed E-state index contributed by atoms with van der Waals surface area (Å²) < 4.78 is 1.99. The van der Waals surface area contributed by atoms with Crippen LogP contribution in [0, 0.1) is 11.3 Å². The van der Waals surface area contributed by atoms with Crippen molar-refractivity contribution in [2.45, 2.75) is 33.6 Å². The fraction of sp³-hybridized carbons (Fsp3) is 0.500. The van der Waals surface area contributed by atoms with Crippen LogP contribution < -0.4 is 0 Å². The number of ketones is 1. The largest absolute Gasteiger partial charge is 0.294 e. The Hall–Kier alpha value is -0.380. The molecule has 1 nitrogen and oxygen atoms in total. The second-order valence-corrected chi connectivity index (χ2v) is 5.55. The average molecular weight is 330 g/mol. The number of hydrogen-bond donors (Lipinski definition) is 0. The van der Waals surface area contributed by atoms with Crippen molar-refractivity contribution < 1.29 is 4.79 Å². The maximum atomic E-state index is 12.3. The van der Waals surface area contributed by atoms with Crippen molar-refractivity contribution in [3.63, 3.8) is 0 Å². The fourth-order valence-corrected chi connectivity index (χ4v) is 2.78. The third-order valence-electron chi connectivity index (χ3n) is 3.53. The van der Waals surface area contributed by atoms with Gasteiger partial charge in [-0.25, -0.2) is 0 Å². The number of hydrogen-bond acceptors (Lipinski definition) is 1. The number of allylic oxidation sites excluding steroid dienone is 4. The standard InChI is InChI=1S/C14H19IO/c1-10(2)12-7-6-11(3)13(16)14(12,4)8-5-9-15/h5-6,9,12H,1,7-8H2,2-4H3/t12-,14+/m1/s1. The lowest BCUT2D eigenvalue weighted by Crippen LogP contribution is -2.39. The fourth-order valence-electron chi connectivity index (χ4n) is 2.53. The quantitative estimate of drug-likeness (QED) is 0.552. The zero-order valence-electron chi connectivity index (χ0n) is 10.2. The Balaban J connectivity index is 3.11. The Kier molecular flexibility index (Phi) is 4.53. The maximum Gasteiger partial charge on any atom is 0.165 e. The third-order valence-corrected chi connectivity index (χ3v) is 4.04. The molecule has 0 aliphatic heterocycles. The highest BCUT2D eigenvalue weighted by Crippen LogP contribution is 2.44. The summed E-state index contributed by atoms with van der Waals surface area (Å²) in [4.78, 5) is 12.3. The van der Waals surface area contributed by atoms with E-state index in [2.05, 4.69) is 48.2 Å². The van der Waals surface area contributed by atoms with Crippen molar-refractivity contribution in [2.75, 3.05) is 0 Å². The van der Waals surface area contributed by atoms with Gasteiger partial charge in [-0.3, -0.25) is 4.79 Å². The van der Waals surface area contributed by atoms with Gasteiger partial charge in [0.05, 0.1) is 0 Å². The van der Waals surface area contributed by atoms with Crippen molar-refractivity contribution in [1.82, 2.24) is 0 Å². The van der Waals surface area contributed by atoms with Gasteiger partial charge in [-0.05, 0) is 42.3 Å². The summed E-state index contributed by atoms with van der Waals surface area (Å²) in [7, 11) is 0. The Morgan fingerprint density at radius 3 is 2.88 bits per heavy atom. The highest BCUT2D eigenvalue weighted by atomic mass is 127. The summed E-state index contributed by atoms with van der Waals surface area (Å²) in [5.74, 6) is 0.553. The van der Waals surface area contributed by atoms with Crippen LogP contribution in [0.4, 0.5) is 0 Å². The summed E-state index contributed by atoms with van der Waals surface area (Å²) in [5.41, 5.74) is 1.72. The first-order valence-corrected chi connectivity index (χ1v) is 6.80. The molecular formula is C14H19IO. The van der Waals surface area contributed by atoms with Crippen molar-refractivity contribution in [1.29, 1.82) is 0 Å². The van der Waals surface area contributed by atoms with E-state index in [1.165, 1.54) is 0 Å². The van der Waals surface area contributed by atoms with Gasteiger partial charge in [0.1, 0.15) is 0 Å². The molecule has 0 saturated heterocycles. The lowest BCUT2D eigenvalue weighted by molar-refractivity contribution is -0.126. The zero-order chi connectivity index (χ0) is 12.3. The first-order chi connectivity index (χ1) is 7.43. The van der Waals surface area contributed by atoms with Crippen LogP contribution in [0.25, 0.3) is 0 Å². The zero-order valence-corrected chi connectivity index (χ0v) is 12.4. The summed E-state index contributed by atoms with van der Waals surface area (Å²) in [6.45, 7) is 10.1. The summed E-state index contributed by atoms with van der Waals surface area (Å²) in [5, 5.41) is 0. The molecule has 88 valence electrons. The molecule has 0 aromatic carbocycles. The number of halogens is 1. The highest BCUT2D eigenvalue weighted by molar-refractivity contribution is 14.1. The van der Waals surface area contributed by atoms with E-state index < -0.39 is 0 Å². The Morgan fingerprint density at radius 2 is 2.38 bits per heavy atom. The van der Waals surface area contributed by atoms with Crippen molar-refractivity contribution in [2.24, 2.45) is 11.3 Å². The Bertz CT molecular complexity index is 365. The smallest absolute Gasteiger partial charge is 0.165 e. The van der Waals surface area contributed by atoms with Gasteiger partial charge in [-0.15, -0.1) is 0 Å². The molecule has 0 saturated carbocycles. The molecule has 0 amide bonds. The van der Waals surface area contributed by atoms with Gasteiger partial charge in [0.2, 0.25) is 0 Å². The molecule has 1 aliphatic rings. The molecule has 16 heavy (non-hydrogen) atoms. The first kappa shape index (κ1) is 13.7. The second-order valence-electron chi connectivity index (χ2n) is 4.83. The topological polar surface area (TPSA) is 17.1 Å². The van der Waals surface area contributed by atoms with Gasteiger partial charge in [0, 0.05) is 5.41 Å². The van der Waals surface area contributed by atoms with Crippen LogP contribution >= 0.6 is 22.6 Å². The van der Waals surface area contributed by atoms with Crippen LogP contribution in [0.2, 0.25) is 0 Å². The van der Waals surface area contributed by atoms with Gasteiger partial charge in [0.25, 0.3) is 0 Å². The molecule has 0 spiro atoms. The van der Waals surface area contributed by atoms with E-state index >= 15 is 0 Å². The molecular weight excluding hydrogens is 311 g/mol. The van der Waals surface area contributed by atoms with E-state index in [9.17, 15) is 4.79 Å².